The molecule has 0 aliphatic carbocycles. The number of hydrogen-bond donors (Lipinski definition) is 0. The predicted octanol–water partition coefficient (Wildman–Crippen LogP) is 3.19. The van der Waals surface area contributed by atoms with Crippen LogP contribution in [0.4, 0.5) is 0 Å². The van der Waals surface area contributed by atoms with Crippen molar-refractivity contribution < 1.29 is 13.2 Å². The van der Waals surface area contributed by atoms with Gasteiger partial charge in [-0.3, -0.25) is 4.79 Å². The normalized spacial score (nSPS) is 15.0. The van der Waals surface area contributed by atoms with Crippen molar-refractivity contribution in [2.75, 3.05) is 13.1 Å². The Bertz CT molecular complexity index is 1090. The minimum atomic E-state index is -3.48. The van der Waals surface area contributed by atoms with Gasteiger partial charge in [-0.05, 0) is 36.4 Å². The van der Waals surface area contributed by atoms with Crippen LogP contribution in [0.3, 0.4) is 0 Å². The van der Waals surface area contributed by atoms with E-state index in [0.717, 1.165) is 10.9 Å². The number of benzene rings is 2. The first kappa shape index (κ1) is 17.0. The zero-order chi connectivity index (χ0) is 18.3. The van der Waals surface area contributed by atoms with Crippen LogP contribution in [-0.2, 0) is 9.84 Å². The summed E-state index contributed by atoms with van der Waals surface area (Å²) in [7, 11) is -3.48. The van der Waals surface area contributed by atoms with Gasteiger partial charge in [0.15, 0.2) is 9.84 Å². The lowest BCUT2D eigenvalue weighted by molar-refractivity contribution is 0.0653. The Kier molecular flexibility index (Phi) is 4.17. The van der Waals surface area contributed by atoms with Crippen molar-refractivity contribution >= 4 is 38.2 Å². The van der Waals surface area contributed by atoms with E-state index in [9.17, 15) is 13.2 Å². The second-order valence-corrected chi connectivity index (χ2v) is 8.88. The molecule has 0 spiro atoms. The summed E-state index contributed by atoms with van der Waals surface area (Å²) in [6.45, 7) is 0.330. The van der Waals surface area contributed by atoms with E-state index >= 15 is 0 Å². The van der Waals surface area contributed by atoms with Crippen molar-refractivity contribution in [3.8, 4) is 0 Å². The third kappa shape index (κ3) is 2.95. The standard InChI is InChI=1S/C19H15ClN2O3S/c20-14-6-8-15(9-7-14)26(24,25)16-11-22(12-16)19(23)18-10-5-13-3-1-2-4-17(13)21-18/h1-10,16H,11-12H2. The smallest absolute Gasteiger partial charge is 0.272 e. The number of likely N-dealkylation sites (tertiary alicyclic amines) is 1. The van der Waals surface area contributed by atoms with Crippen molar-refractivity contribution in [3.63, 3.8) is 0 Å². The molecule has 2 heterocycles. The third-order valence-electron chi connectivity index (χ3n) is 4.53. The largest absolute Gasteiger partial charge is 0.335 e. The summed E-state index contributed by atoms with van der Waals surface area (Å²) in [5.41, 5.74) is 1.07. The van der Waals surface area contributed by atoms with Crippen LogP contribution < -0.4 is 0 Å². The Morgan fingerprint density at radius 3 is 2.42 bits per heavy atom. The predicted molar refractivity (Wildman–Crippen MR) is 100 cm³/mol. The van der Waals surface area contributed by atoms with Crippen LogP contribution >= 0.6 is 11.6 Å². The van der Waals surface area contributed by atoms with Crippen LogP contribution in [0.15, 0.2) is 65.6 Å². The second-order valence-electron chi connectivity index (χ2n) is 6.22. The molecule has 1 fully saturated rings. The number of halogens is 1. The van der Waals surface area contributed by atoms with Crippen molar-refractivity contribution in [1.29, 1.82) is 0 Å². The van der Waals surface area contributed by atoms with Crippen molar-refractivity contribution in [1.82, 2.24) is 9.88 Å². The highest BCUT2D eigenvalue weighted by atomic mass is 35.5. The fourth-order valence-electron chi connectivity index (χ4n) is 2.96. The molecular formula is C19H15ClN2O3S. The molecule has 0 radical (unpaired) electrons. The molecule has 1 aromatic heterocycles. The first-order chi connectivity index (χ1) is 12.4. The summed E-state index contributed by atoms with van der Waals surface area (Å²) < 4.78 is 25.2. The maximum Gasteiger partial charge on any atom is 0.272 e. The lowest BCUT2D eigenvalue weighted by Gasteiger charge is -2.38. The molecule has 26 heavy (non-hydrogen) atoms. The van der Waals surface area contributed by atoms with Crippen LogP contribution in [0.25, 0.3) is 10.9 Å². The van der Waals surface area contributed by atoms with E-state index in [1.807, 2.05) is 30.3 Å². The molecule has 1 aliphatic heterocycles. The summed E-state index contributed by atoms with van der Waals surface area (Å²) in [6.07, 6.45) is 0. The molecule has 0 atom stereocenters. The quantitative estimate of drug-likeness (QED) is 0.693. The number of pyridine rings is 1. The van der Waals surface area contributed by atoms with Gasteiger partial charge in [0.25, 0.3) is 5.91 Å². The van der Waals surface area contributed by atoms with Gasteiger partial charge in [-0.15, -0.1) is 0 Å². The zero-order valence-electron chi connectivity index (χ0n) is 13.7. The molecular weight excluding hydrogens is 372 g/mol. The van der Waals surface area contributed by atoms with Gasteiger partial charge in [0, 0.05) is 23.5 Å². The zero-order valence-corrected chi connectivity index (χ0v) is 15.2. The molecule has 1 aliphatic rings. The Labute approximate surface area is 156 Å². The molecule has 2 aromatic carbocycles. The molecule has 1 saturated heterocycles. The first-order valence-corrected chi connectivity index (χ1v) is 10.0. The van der Waals surface area contributed by atoms with E-state index in [1.165, 1.54) is 17.0 Å². The third-order valence-corrected chi connectivity index (χ3v) is 6.89. The Hall–Kier alpha value is -2.44. The maximum atomic E-state index is 12.6. The van der Waals surface area contributed by atoms with Gasteiger partial charge < -0.3 is 4.90 Å². The lowest BCUT2D eigenvalue weighted by atomic mass is 10.1. The second kappa shape index (κ2) is 6.37. The molecule has 1 amide bonds. The van der Waals surface area contributed by atoms with E-state index in [-0.39, 0.29) is 23.9 Å². The number of fused-ring (bicyclic) bond motifs is 1. The first-order valence-electron chi connectivity index (χ1n) is 8.10. The highest BCUT2D eigenvalue weighted by Crippen LogP contribution is 2.26. The lowest BCUT2D eigenvalue weighted by Crippen LogP contribution is -2.56. The number of nitrogens with zero attached hydrogens (tertiary/aromatic N) is 2. The highest BCUT2D eigenvalue weighted by Gasteiger charge is 2.41. The van der Waals surface area contributed by atoms with Gasteiger partial charge in [0.1, 0.15) is 10.9 Å². The van der Waals surface area contributed by atoms with Crippen LogP contribution in [0.5, 0.6) is 0 Å². The summed E-state index contributed by atoms with van der Waals surface area (Å²) in [5, 5.41) is 0.834. The molecule has 132 valence electrons. The van der Waals surface area contributed by atoms with Crippen LogP contribution in [0.1, 0.15) is 10.5 Å². The molecule has 4 rings (SSSR count). The van der Waals surface area contributed by atoms with E-state index in [0.29, 0.717) is 10.7 Å². The molecule has 0 N–H and O–H groups in total. The number of hydrogen-bond acceptors (Lipinski definition) is 4. The summed E-state index contributed by atoms with van der Waals surface area (Å²) in [6, 6.07) is 17.1. The molecule has 0 bridgehead atoms. The van der Waals surface area contributed by atoms with Gasteiger partial charge in [0.2, 0.25) is 0 Å². The Balaban J connectivity index is 1.49. The van der Waals surface area contributed by atoms with E-state index in [4.69, 9.17) is 11.6 Å². The summed E-state index contributed by atoms with van der Waals surface area (Å²) in [5.74, 6) is -0.252. The minimum Gasteiger partial charge on any atom is -0.335 e. The average Bonchev–Trinajstić information content (AvgIpc) is 2.60. The topological polar surface area (TPSA) is 67.3 Å². The number of carbonyl (C=O) groups is 1. The molecule has 0 saturated carbocycles. The Morgan fingerprint density at radius 1 is 1.00 bits per heavy atom. The van der Waals surface area contributed by atoms with E-state index in [1.54, 1.807) is 18.2 Å². The fraction of sp³-hybridized carbons (Fsp3) is 0.158. The SMILES string of the molecule is O=C(c1ccc2ccccc2n1)N1CC(S(=O)(=O)c2ccc(Cl)cc2)C1. The van der Waals surface area contributed by atoms with E-state index < -0.39 is 15.1 Å². The average molecular weight is 387 g/mol. The van der Waals surface area contributed by atoms with Crippen molar-refractivity contribution in [2.24, 2.45) is 0 Å². The molecule has 5 nitrogen and oxygen atoms in total. The van der Waals surface area contributed by atoms with Crippen LogP contribution in [0.2, 0.25) is 5.02 Å². The number of aromatic nitrogens is 1. The molecule has 0 unspecified atom stereocenters. The number of rotatable bonds is 3. The summed E-state index contributed by atoms with van der Waals surface area (Å²) >= 11 is 5.81. The number of para-hydroxylation sites is 1. The van der Waals surface area contributed by atoms with Gasteiger partial charge in [-0.25, -0.2) is 13.4 Å². The van der Waals surface area contributed by atoms with E-state index in [2.05, 4.69) is 4.98 Å². The monoisotopic (exact) mass is 386 g/mol. The van der Waals surface area contributed by atoms with Gasteiger partial charge >= 0.3 is 0 Å². The van der Waals surface area contributed by atoms with Crippen LogP contribution in [-0.4, -0.2) is 42.5 Å². The fourth-order valence-corrected chi connectivity index (χ4v) is 4.74. The number of sulfone groups is 1. The molecule has 3 aromatic rings. The number of carbonyl (C=O) groups excluding carboxylic acids is 1. The van der Waals surface area contributed by atoms with Gasteiger partial charge in [0.05, 0.1) is 10.4 Å². The Morgan fingerprint density at radius 2 is 1.69 bits per heavy atom. The highest BCUT2D eigenvalue weighted by molar-refractivity contribution is 7.92. The van der Waals surface area contributed by atoms with Crippen molar-refractivity contribution in [2.45, 2.75) is 10.1 Å². The van der Waals surface area contributed by atoms with Gasteiger partial charge in [-0.2, -0.15) is 0 Å². The molecule has 7 heteroatoms. The number of amides is 1. The van der Waals surface area contributed by atoms with Gasteiger partial charge in [-0.1, -0.05) is 35.9 Å². The van der Waals surface area contributed by atoms with Crippen molar-refractivity contribution in [3.05, 3.63) is 71.4 Å². The minimum absolute atomic E-state index is 0.165. The maximum absolute atomic E-state index is 12.6. The van der Waals surface area contributed by atoms with Crippen LogP contribution in [0, 0.1) is 0 Å². The summed E-state index contributed by atoms with van der Waals surface area (Å²) in [4.78, 5) is 18.7.